The van der Waals surface area contributed by atoms with Gasteiger partial charge in [-0.05, 0) is 20.8 Å². The van der Waals surface area contributed by atoms with Gasteiger partial charge in [0.25, 0.3) is 0 Å². The molecule has 88 valence electrons. The predicted molar refractivity (Wildman–Crippen MR) is 62.5 cm³/mol. The van der Waals surface area contributed by atoms with Gasteiger partial charge in [0, 0.05) is 5.56 Å². The van der Waals surface area contributed by atoms with E-state index < -0.39 is 5.60 Å². The van der Waals surface area contributed by atoms with E-state index in [9.17, 15) is 9.90 Å². The predicted octanol–water partition coefficient (Wildman–Crippen LogP) is 2.05. The number of ketones is 1. The highest BCUT2D eigenvalue weighted by Gasteiger charge is 2.31. The summed E-state index contributed by atoms with van der Waals surface area (Å²) >= 11 is 0. The van der Waals surface area contributed by atoms with Crippen LogP contribution < -0.4 is 0 Å². The fourth-order valence-corrected chi connectivity index (χ4v) is 1.29. The zero-order valence-corrected chi connectivity index (χ0v) is 9.93. The first-order chi connectivity index (χ1) is 7.43. The lowest BCUT2D eigenvalue weighted by molar-refractivity contribution is -0.0364. The topological polar surface area (TPSA) is 46.5 Å². The highest BCUT2D eigenvalue weighted by Crippen LogP contribution is 2.14. The summed E-state index contributed by atoms with van der Waals surface area (Å²) in [5.74, 6) is -0.311. The highest BCUT2D eigenvalue weighted by molar-refractivity contribution is 6.02. The first-order valence-electron chi connectivity index (χ1n) is 5.37. The smallest absolute Gasteiger partial charge is 0.196 e. The lowest BCUT2D eigenvalue weighted by atomic mass is 9.96. The summed E-state index contributed by atoms with van der Waals surface area (Å²) in [5, 5.41) is 10.0. The van der Waals surface area contributed by atoms with Crippen molar-refractivity contribution in [1.29, 1.82) is 0 Å². The van der Waals surface area contributed by atoms with Crippen molar-refractivity contribution in [1.82, 2.24) is 0 Å². The number of benzene rings is 1. The molecule has 1 rings (SSSR count). The molecule has 0 aliphatic heterocycles. The van der Waals surface area contributed by atoms with E-state index in [1.54, 1.807) is 24.3 Å². The van der Waals surface area contributed by atoms with Crippen LogP contribution in [0.1, 0.15) is 31.1 Å². The van der Waals surface area contributed by atoms with E-state index in [4.69, 9.17) is 4.74 Å². The van der Waals surface area contributed by atoms with Gasteiger partial charge in [0.15, 0.2) is 5.78 Å². The first kappa shape index (κ1) is 12.9. The van der Waals surface area contributed by atoms with Crippen LogP contribution >= 0.6 is 0 Å². The molecule has 0 bridgehead atoms. The minimum atomic E-state index is -1.47. The SMILES string of the molecule is CC(C)OCC(C)(O)C(=O)c1ccccc1. The van der Waals surface area contributed by atoms with Crippen molar-refractivity contribution in [2.75, 3.05) is 6.61 Å². The van der Waals surface area contributed by atoms with Gasteiger partial charge >= 0.3 is 0 Å². The van der Waals surface area contributed by atoms with Crippen LogP contribution in [0, 0.1) is 0 Å². The minimum Gasteiger partial charge on any atom is -0.380 e. The average Bonchev–Trinajstić information content (AvgIpc) is 2.27. The van der Waals surface area contributed by atoms with Crippen LogP contribution in [-0.2, 0) is 4.74 Å². The van der Waals surface area contributed by atoms with Gasteiger partial charge in [-0.25, -0.2) is 0 Å². The van der Waals surface area contributed by atoms with Crippen LogP contribution in [0.3, 0.4) is 0 Å². The summed E-state index contributed by atoms with van der Waals surface area (Å²) in [7, 11) is 0. The number of Topliss-reactive ketones (excluding diaryl/α,β-unsaturated/α-hetero) is 1. The van der Waals surface area contributed by atoms with Crippen LogP contribution in [0.4, 0.5) is 0 Å². The van der Waals surface area contributed by atoms with Crippen LogP contribution in [-0.4, -0.2) is 29.2 Å². The van der Waals surface area contributed by atoms with Crippen molar-refractivity contribution in [3.05, 3.63) is 35.9 Å². The molecule has 1 atom stereocenters. The number of aliphatic hydroxyl groups is 1. The van der Waals surface area contributed by atoms with Gasteiger partial charge in [-0.3, -0.25) is 4.79 Å². The zero-order valence-electron chi connectivity index (χ0n) is 9.93. The fraction of sp³-hybridized carbons (Fsp3) is 0.462. The number of hydrogen-bond acceptors (Lipinski definition) is 3. The quantitative estimate of drug-likeness (QED) is 0.775. The Hall–Kier alpha value is -1.19. The van der Waals surface area contributed by atoms with Crippen molar-refractivity contribution < 1.29 is 14.6 Å². The number of hydrogen-bond donors (Lipinski definition) is 1. The summed E-state index contributed by atoms with van der Waals surface area (Å²) < 4.78 is 5.28. The van der Waals surface area contributed by atoms with E-state index in [2.05, 4.69) is 0 Å². The molecule has 0 aliphatic rings. The van der Waals surface area contributed by atoms with Gasteiger partial charge in [0.05, 0.1) is 12.7 Å². The minimum absolute atomic E-state index is 0.00458. The van der Waals surface area contributed by atoms with Gasteiger partial charge < -0.3 is 9.84 Å². The summed E-state index contributed by atoms with van der Waals surface area (Å²) in [6.45, 7) is 5.22. The molecule has 0 radical (unpaired) electrons. The molecule has 1 unspecified atom stereocenters. The lowest BCUT2D eigenvalue weighted by Gasteiger charge is -2.23. The molecular weight excluding hydrogens is 204 g/mol. The molecule has 0 aliphatic carbocycles. The second kappa shape index (κ2) is 5.23. The molecular formula is C13H18O3. The third-order valence-corrected chi connectivity index (χ3v) is 2.22. The molecule has 16 heavy (non-hydrogen) atoms. The monoisotopic (exact) mass is 222 g/mol. The maximum absolute atomic E-state index is 11.9. The molecule has 0 fully saturated rings. The molecule has 0 aromatic heterocycles. The molecule has 1 N–H and O–H groups in total. The molecule has 3 heteroatoms. The van der Waals surface area contributed by atoms with Gasteiger partial charge in [-0.1, -0.05) is 30.3 Å². The Kier molecular flexibility index (Phi) is 4.21. The number of ether oxygens (including phenoxy) is 1. The molecule has 0 saturated heterocycles. The fourth-order valence-electron chi connectivity index (χ4n) is 1.29. The zero-order chi connectivity index (χ0) is 12.2. The van der Waals surface area contributed by atoms with Gasteiger partial charge in [0.1, 0.15) is 5.60 Å². The summed E-state index contributed by atoms with van der Waals surface area (Å²) in [6.07, 6.45) is -0.00458. The molecule has 0 spiro atoms. The number of rotatable bonds is 5. The molecule has 0 heterocycles. The normalized spacial score (nSPS) is 14.8. The Labute approximate surface area is 96.1 Å². The van der Waals surface area contributed by atoms with Crippen molar-refractivity contribution in [3.8, 4) is 0 Å². The van der Waals surface area contributed by atoms with Gasteiger partial charge in [0.2, 0.25) is 0 Å². The van der Waals surface area contributed by atoms with Crippen LogP contribution in [0.2, 0.25) is 0 Å². The lowest BCUT2D eigenvalue weighted by Crippen LogP contribution is -2.40. The van der Waals surface area contributed by atoms with Crippen LogP contribution in [0.25, 0.3) is 0 Å². The molecule has 0 amide bonds. The summed E-state index contributed by atoms with van der Waals surface area (Å²) in [4.78, 5) is 11.9. The van der Waals surface area contributed by atoms with E-state index in [0.717, 1.165) is 0 Å². The van der Waals surface area contributed by atoms with E-state index >= 15 is 0 Å². The second-order valence-electron chi connectivity index (χ2n) is 4.33. The first-order valence-corrected chi connectivity index (χ1v) is 5.37. The molecule has 1 aromatic rings. The summed E-state index contributed by atoms with van der Waals surface area (Å²) in [6, 6.07) is 8.74. The van der Waals surface area contributed by atoms with Crippen molar-refractivity contribution in [2.45, 2.75) is 32.5 Å². The van der Waals surface area contributed by atoms with Crippen molar-refractivity contribution >= 4 is 5.78 Å². The molecule has 1 aromatic carbocycles. The largest absolute Gasteiger partial charge is 0.380 e. The Morgan fingerprint density at radius 3 is 2.44 bits per heavy atom. The van der Waals surface area contributed by atoms with E-state index in [1.807, 2.05) is 19.9 Å². The van der Waals surface area contributed by atoms with Crippen LogP contribution in [0.15, 0.2) is 30.3 Å². The van der Waals surface area contributed by atoms with Gasteiger partial charge in [-0.15, -0.1) is 0 Å². The second-order valence-corrected chi connectivity index (χ2v) is 4.33. The van der Waals surface area contributed by atoms with Crippen molar-refractivity contribution in [3.63, 3.8) is 0 Å². The summed E-state index contributed by atoms with van der Waals surface area (Å²) in [5.41, 5.74) is -0.967. The maximum atomic E-state index is 11.9. The Morgan fingerprint density at radius 2 is 1.94 bits per heavy atom. The Balaban J connectivity index is 2.72. The molecule has 3 nitrogen and oxygen atoms in total. The standard InChI is InChI=1S/C13H18O3/c1-10(2)16-9-13(3,15)12(14)11-7-5-4-6-8-11/h4-8,10,15H,9H2,1-3H3. The van der Waals surface area contributed by atoms with Gasteiger partial charge in [-0.2, -0.15) is 0 Å². The Morgan fingerprint density at radius 1 is 1.38 bits per heavy atom. The average molecular weight is 222 g/mol. The van der Waals surface area contributed by atoms with E-state index in [1.165, 1.54) is 6.92 Å². The van der Waals surface area contributed by atoms with Crippen molar-refractivity contribution in [2.24, 2.45) is 0 Å². The highest BCUT2D eigenvalue weighted by atomic mass is 16.5. The Bertz CT molecular complexity index is 341. The number of carbonyl (C=O) groups is 1. The van der Waals surface area contributed by atoms with E-state index in [-0.39, 0.29) is 18.5 Å². The van der Waals surface area contributed by atoms with Crippen LogP contribution in [0.5, 0.6) is 0 Å². The maximum Gasteiger partial charge on any atom is 0.196 e. The number of carbonyl (C=O) groups excluding carboxylic acids is 1. The molecule has 0 saturated carbocycles. The third kappa shape index (κ3) is 3.43. The van der Waals surface area contributed by atoms with E-state index in [0.29, 0.717) is 5.56 Å². The third-order valence-electron chi connectivity index (χ3n) is 2.22.